The summed E-state index contributed by atoms with van der Waals surface area (Å²) < 4.78 is 0. The van der Waals surface area contributed by atoms with E-state index >= 15 is 0 Å². The molecule has 2 rings (SSSR count). The van der Waals surface area contributed by atoms with Crippen LogP contribution in [0.1, 0.15) is 65.2 Å². The number of nitrogens with zero attached hydrogens (tertiary/aromatic N) is 1. The van der Waals surface area contributed by atoms with Crippen molar-refractivity contribution < 1.29 is 9.59 Å². The van der Waals surface area contributed by atoms with E-state index in [4.69, 9.17) is 0 Å². The summed E-state index contributed by atoms with van der Waals surface area (Å²) in [7, 11) is 0. The number of amides is 2. The summed E-state index contributed by atoms with van der Waals surface area (Å²) in [6.45, 7) is 5.74. The van der Waals surface area contributed by atoms with Crippen molar-refractivity contribution in [1.82, 2.24) is 10.2 Å². The first-order chi connectivity index (χ1) is 10.1. The van der Waals surface area contributed by atoms with E-state index in [1.54, 1.807) is 0 Å². The van der Waals surface area contributed by atoms with Gasteiger partial charge in [-0.15, -0.1) is 0 Å². The Kier molecular flexibility index (Phi) is 6.07. The zero-order valence-electron chi connectivity index (χ0n) is 13.6. The van der Waals surface area contributed by atoms with E-state index in [2.05, 4.69) is 19.2 Å². The maximum absolute atomic E-state index is 12.4. The standard InChI is InChI=1S/C17H30N2O2/c1-13(2)9-10-19-12-14(11-16(19)20)17(21)18-15-7-5-3-4-6-8-15/h13-15H,3-12H2,1-2H3,(H,18,21). The van der Waals surface area contributed by atoms with Crippen molar-refractivity contribution in [2.24, 2.45) is 11.8 Å². The van der Waals surface area contributed by atoms with Crippen LogP contribution in [0.5, 0.6) is 0 Å². The Morgan fingerprint density at radius 1 is 1.24 bits per heavy atom. The minimum Gasteiger partial charge on any atom is -0.353 e. The third kappa shape index (κ3) is 5.01. The molecule has 120 valence electrons. The molecule has 0 radical (unpaired) electrons. The van der Waals surface area contributed by atoms with Gasteiger partial charge in [0.2, 0.25) is 11.8 Å². The molecule has 1 unspecified atom stereocenters. The summed E-state index contributed by atoms with van der Waals surface area (Å²) in [6.07, 6.45) is 8.63. The fourth-order valence-electron chi connectivity index (χ4n) is 3.32. The average molecular weight is 294 g/mol. The maximum atomic E-state index is 12.4. The molecule has 0 aromatic rings. The Balaban J connectivity index is 1.79. The van der Waals surface area contributed by atoms with E-state index in [1.165, 1.54) is 25.7 Å². The highest BCUT2D eigenvalue weighted by molar-refractivity contribution is 5.89. The molecular weight excluding hydrogens is 264 g/mol. The van der Waals surface area contributed by atoms with Crippen molar-refractivity contribution in [3.8, 4) is 0 Å². The summed E-state index contributed by atoms with van der Waals surface area (Å²) in [5, 5.41) is 3.19. The Morgan fingerprint density at radius 3 is 2.52 bits per heavy atom. The van der Waals surface area contributed by atoms with Crippen molar-refractivity contribution >= 4 is 11.8 Å². The van der Waals surface area contributed by atoms with Crippen LogP contribution in [-0.4, -0.2) is 35.8 Å². The summed E-state index contributed by atoms with van der Waals surface area (Å²) in [5.74, 6) is 0.712. The van der Waals surface area contributed by atoms with Gasteiger partial charge in [0.1, 0.15) is 0 Å². The third-order valence-electron chi connectivity index (χ3n) is 4.76. The van der Waals surface area contributed by atoms with Crippen LogP contribution in [-0.2, 0) is 9.59 Å². The molecule has 4 nitrogen and oxygen atoms in total. The number of rotatable bonds is 5. The number of nitrogens with one attached hydrogen (secondary N) is 1. The molecule has 0 aromatic carbocycles. The van der Waals surface area contributed by atoms with Crippen molar-refractivity contribution in [1.29, 1.82) is 0 Å². The fraction of sp³-hybridized carbons (Fsp3) is 0.882. The van der Waals surface area contributed by atoms with Crippen molar-refractivity contribution in [3.63, 3.8) is 0 Å². The summed E-state index contributed by atoms with van der Waals surface area (Å²) in [6, 6.07) is 0.333. The van der Waals surface area contributed by atoms with E-state index in [9.17, 15) is 9.59 Å². The number of hydrogen-bond acceptors (Lipinski definition) is 2. The first-order valence-corrected chi connectivity index (χ1v) is 8.64. The Bertz CT molecular complexity index is 360. The first-order valence-electron chi connectivity index (χ1n) is 8.64. The Morgan fingerprint density at radius 2 is 1.90 bits per heavy atom. The third-order valence-corrected chi connectivity index (χ3v) is 4.76. The monoisotopic (exact) mass is 294 g/mol. The predicted molar refractivity (Wildman–Crippen MR) is 83.8 cm³/mol. The van der Waals surface area contributed by atoms with E-state index in [1.807, 2.05) is 4.90 Å². The van der Waals surface area contributed by atoms with Gasteiger partial charge >= 0.3 is 0 Å². The van der Waals surface area contributed by atoms with Crippen molar-refractivity contribution in [2.75, 3.05) is 13.1 Å². The van der Waals surface area contributed by atoms with Gasteiger partial charge < -0.3 is 10.2 Å². The Hall–Kier alpha value is -1.06. The molecule has 2 amide bonds. The minimum absolute atomic E-state index is 0.0993. The van der Waals surface area contributed by atoms with Gasteiger partial charge in [0.05, 0.1) is 5.92 Å². The lowest BCUT2D eigenvalue weighted by molar-refractivity contribution is -0.129. The van der Waals surface area contributed by atoms with Gasteiger partial charge in [-0.25, -0.2) is 0 Å². The molecule has 1 saturated carbocycles. The van der Waals surface area contributed by atoms with Gasteiger partial charge in [-0.05, 0) is 25.2 Å². The summed E-state index contributed by atoms with van der Waals surface area (Å²) in [5.41, 5.74) is 0. The van der Waals surface area contributed by atoms with E-state index in [-0.39, 0.29) is 17.7 Å². The van der Waals surface area contributed by atoms with E-state index in [0.29, 0.717) is 24.9 Å². The SMILES string of the molecule is CC(C)CCN1CC(C(=O)NC2CCCCCC2)CC1=O. The number of carbonyl (C=O) groups excluding carboxylic acids is 2. The second-order valence-corrected chi connectivity index (χ2v) is 7.12. The van der Waals surface area contributed by atoms with Crippen LogP contribution in [0.15, 0.2) is 0 Å². The van der Waals surface area contributed by atoms with Crippen LogP contribution < -0.4 is 5.32 Å². The quantitative estimate of drug-likeness (QED) is 0.793. The largest absolute Gasteiger partial charge is 0.353 e. The van der Waals surface area contributed by atoms with Crippen LogP contribution in [0, 0.1) is 11.8 Å². The van der Waals surface area contributed by atoms with Gasteiger partial charge in [0.15, 0.2) is 0 Å². The summed E-state index contributed by atoms with van der Waals surface area (Å²) >= 11 is 0. The Labute approximate surface area is 128 Å². The van der Waals surface area contributed by atoms with Gasteiger partial charge in [-0.1, -0.05) is 39.5 Å². The van der Waals surface area contributed by atoms with Crippen LogP contribution in [0.2, 0.25) is 0 Å². The molecule has 0 bridgehead atoms. The molecule has 0 aromatic heterocycles. The lowest BCUT2D eigenvalue weighted by atomic mass is 10.0. The molecule has 21 heavy (non-hydrogen) atoms. The van der Waals surface area contributed by atoms with Crippen molar-refractivity contribution in [2.45, 2.75) is 71.3 Å². The highest BCUT2D eigenvalue weighted by atomic mass is 16.2. The lowest BCUT2D eigenvalue weighted by Gasteiger charge is -2.20. The maximum Gasteiger partial charge on any atom is 0.225 e. The normalized spacial score (nSPS) is 24.4. The second-order valence-electron chi connectivity index (χ2n) is 7.12. The van der Waals surface area contributed by atoms with E-state index in [0.717, 1.165) is 25.8 Å². The number of likely N-dealkylation sites (tertiary alicyclic amines) is 1. The predicted octanol–water partition coefficient (Wildman–Crippen LogP) is 2.72. The molecular formula is C17H30N2O2. The number of carbonyl (C=O) groups is 2. The fourth-order valence-corrected chi connectivity index (χ4v) is 3.32. The van der Waals surface area contributed by atoms with Crippen LogP contribution in [0.3, 0.4) is 0 Å². The van der Waals surface area contributed by atoms with Gasteiger partial charge in [0, 0.05) is 25.6 Å². The highest BCUT2D eigenvalue weighted by Crippen LogP contribution is 2.21. The van der Waals surface area contributed by atoms with Gasteiger partial charge in [0.25, 0.3) is 0 Å². The molecule has 2 fully saturated rings. The molecule has 1 atom stereocenters. The first kappa shape index (κ1) is 16.3. The van der Waals surface area contributed by atoms with Crippen molar-refractivity contribution in [3.05, 3.63) is 0 Å². The van der Waals surface area contributed by atoms with Crippen LogP contribution >= 0.6 is 0 Å². The van der Waals surface area contributed by atoms with Crippen LogP contribution in [0.25, 0.3) is 0 Å². The molecule has 1 aliphatic carbocycles. The highest BCUT2D eigenvalue weighted by Gasteiger charge is 2.34. The molecule has 2 aliphatic rings. The van der Waals surface area contributed by atoms with Gasteiger partial charge in [-0.2, -0.15) is 0 Å². The molecule has 0 spiro atoms. The van der Waals surface area contributed by atoms with E-state index < -0.39 is 0 Å². The topological polar surface area (TPSA) is 49.4 Å². The van der Waals surface area contributed by atoms with Gasteiger partial charge in [-0.3, -0.25) is 9.59 Å². The zero-order chi connectivity index (χ0) is 15.2. The molecule has 1 saturated heterocycles. The molecule has 1 N–H and O–H groups in total. The smallest absolute Gasteiger partial charge is 0.225 e. The number of hydrogen-bond donors (Lipinski definition) is 1. The molecule has 1 aliphatic heterocycles. The lowest BCUT2D eigenvalue weighted by Crippen LogP contribution is -2.39. The van der Waals surface area contributed by atoms with Crippen LogP contribution in [0.4, 0.5) is 0 Å². The zero-order valence-corrected chi connectivity index (χ0v) is 13.6. The molecule has 1 heterocycles. The molecule has 4 heteroatoms. The second kappa shape index (κ2) is 7.81. The average Bonchev–Trinajstić information content (AvgIpc) is 2.63. The summed E-state index contributed by atoms with van der Waals surface area (Å²) in [4.78, 5) is 26.2. The minimum atomic E-state index is -0.132.